The van der Waals surface area contributed by atoms with Crippen LogP contribution in [0.1, 0.15) is 38.9 Å². The van der Waals surface area contributed by atoms with Crippen molar-refractivity contribution in [3.63, 3.8) is 0 Å². The molecule has 0 N–H and O–H groups in total. The highest BCUT2D eigenvalue weighted by atomic mass is 35.5. The van der Waals surface area contributed by atoms with Gasteiger partial charge in [-0.2, -0.15) is 0 Å². The number of aryl methyl sites for hydroxylation is 1. The van der Waals surface area contributed by atoms with Gasteiger partial charge in [-0.1, -0.05) is 29.3 Å². The maximum Gasteiger partial charge on any atom is 0.340 e. The van der Waals surface area contributed by atoms with Crippen LogP contribution in [0.3, 0.4) is 0 Å². The molecule has 28 heavy (non-hydrogen) atoms. The van der Waals surface area contributed by atoms with E-state index in [2.05, 4.69) is 6.07 Å². The molecule has 5 heteroatoms. The van der Waals surface area contributed by atoms with Crippen LogP contribution in [0.4, 0.5) is 0 Å². The molecule has 0 aliphatic carbocycles. The van der Waals surface area contributed by atoms with E-state index in [-0.39, 0.29) is 12.4 Å². The Bertz CT molecular complexity index is 1220. The molecule has 2 aromatic carbocycles. The Labute approximate surface area is 167 Å². The smallest absolute Gasteiger partial charge is 0.340 e. The summed E-state index contributed by atoms with van der Waals surface area (Å²) in [5.74, 6) is -0.628. The maximum atomic E-state index is 13.3. The van der Waals surface area contributed by atoms with Crippen molar-refractivity contribution in [3.8, 4) is 0 Å². The number of ketones is 1. The summed E-state index contributed by atoms with van der Waals surface area (Å²) >= 11 is 5.95. The number of esters is 1. The molecule has 0 aliphatic rings. The number of carbonyl (C=O) groups excluding carboxylic acids is 2. The fraction of sp³-hybridized carbons (Fsp3) is 0.130. The second-order valence-corrected chi connectivity index (χ2v) is 7.05. The molecule has 0 fully saturated rings. The van der Waals surface area contributed by atoms with Gasteiger partial charge in [0.15, 0.2) is 0 Å². The van der Waals surface area contributed by atoms with Crippen molar-refractivity contribution in [2.24, 2.45) is 0 Å². The van der Waals surface area contributed by atoms with Crippen molar-refractivity contribution in [3.05, 3.63) is 88.1 Å². The molecule has 0 saturated carbocycles. The largest absolute Gasteiger partial charge is 0.462 e. The molecule has 4 nitrogen and oxygen atoms in total. The van der Waals surface area contributed by atoms with E-state index in [9.17, 15) is 9.59 Å². The lowest BCUT2D eigenvalue weighted by atomic mass is 10.1. The Morgan fingerprint density at radius 3 is 2.39 bits per heavy atom. The van der Waals surface area contributed by atoms with E-state index in [0.29, 0.717) is 27.4 Å². The van der Waals surface area contributed by atoms with E-state index < -0.39 is 5.97 Å². The second-order valence-electron chi connectivity index (χ2n) is 6.62. The van der Waals surface area contributed by atoms with Crippen molar-refractivity contribution in [1.82, 2.24) is 4.40 Å². The summed E-state index contributed by atoms with van der Waals surface area (Å²) in [6, 6.07) is 18.2. The first-order valence-electron chi connectivity index (χ1n) is 9.02. The van der Waals surface area contributed by atoms with Gasteiger partial charge in [0.25, 0.3) is 0 Å². The van der Waals surface area contributed by atoms with Gasteiger partial charge in [-0.25, -0.2) is 4.79 Å². The van der Waals surface area contributed by atoms with Gasteiger partial charge in [0, 0.05) is 10.6 Å². The van der Waals surface area contributed by atoms with Gasteiger partial charge in [0.05, 0.1) is 28.9 Å². The highest BCUT2D eigenvalue weighted by Gasteiger charge is 2.22. The number of ether oxygens (including phenoxy) is 1. The van der Waals surface area contributed by atoms with Gasteiger partial charge in [0.2, 0.25) is 5.78 Å². The molecule has 0 radical (unpaired) electrons. The third-order valence-electron chi connectivity index (χ3n) is 4.72. The highest BCUT2D eigenvalue weighted by Crippen LogP contribution is 2.27. The van der Waals surface area contributed by atoms with Crippen molar-refractivity contribution < 1.29 is 14.3 Å². The Morgan fingerprint density at radius 1 is 0.964 bits per heavy atom. The standard InChI is InChI=1S/C23H18ClNO3/c1-3-28-23(27)18-13-21(22(26)15-5-8-17(24)9-6-15)25-19-10-4-14(2)12-16(19)7-11-20(18)25/h4-13H,3H2,1-2H3. The van der Waals surface area contributed by atoms with E-state index in [1.807, 2.05) is 35.6 Å². The van der Waals surface area contributed by atoms with Crippen LogP contribution in [0.25, 0.3) is 16.4 Å². The van der Waals surface area contributed by atoms with Gasteiger partial charge in [-0.3, -0.25) is 4.79 Å². The molecule has 0 saturated heterocycles. The van der Waals surface area contributed by atoms with Gasteiger partial charge in [-0.15, -0.1) is 0 Å². The zero-order chi connectivity index (χ0) is 19.8. The summed E-state index contributed by atoms with van der Waals surface area (Å²) in [6.07, 6.45) is 0. The average molecular weight is 392 g/mol. The summed E-state index contributed by atoms with van der Waals surface area (Å²) in [4.78, 5) is 25.8. The summed E-state index contributed by atoms with van der Waals surface area (Å²) in [5.41, 5.74) is 3.91. The number of pyridine rings is 1. The summed E-state index contributed by atoms with van der Waals surface area (Å²) in [7, 11) is 0. The second kappa shape index (κ2) is 7.13. The van der Waals surface area contributed by atoms with Gasteiger partial charge >= 0.3 is 5.97 Å². The van der Waals surface area contributed by atoms with Crippen LogP contribution in [0, 0.1) is 6.92 Å². The van der Waals surface area contributed by atoms with Gasteiger partial charge in [0.1, 0.15) is 0 Å². The predicted molar refractivity (Wildman–Crippen MR) is 110 cm³/mol. The van der Waals surface area contributed by atoms with Crippen LogP contribution in [0.15, 0.2) is 60.7 Å². The summed E-state index contributed by atoms with van der Waals surface area (Å²) in [6.45, 7) is 4.04. The number of hydrogen-bond acceptors (Lipinski definition) is 3. The fourth-order valence-electron chi connectivity index (χ4n) is 3.42. The molecule has 2 aromatic heterocycles. The minimum atomic E-state index is -0.443. The molecule has 0 unspecified atom stereocenters. The van der Waals surface area contributed by atoms with Crippen molar-refractivity contribution in [2.75, 3.05) is 6.61 Å². The van der Waals surface area contributed by atoms with Crippen LogP contribution in [0.5, 0.6) is 0 Å². The Hall–Kier alpha value is -3.11. The molecule has 0 atom stereocenters. The SMILES string of the molecule is CCOC(=O)c1cc(C(=O)c2ccc(Cl)cc2)n2c1ccc1cc(C)ccc12. The van der Waals surface area contributed by atoms with Gasteiger partial charge < -0.3 is 9.14 Å². The number of carbonyl (C=O) groups is 2. The molecule has 4 rings (SSSR count). The van der Waals surface area contributed by atoms with Crippen LogP contribution >= 0.6 is 11.6 Å². The zero-order valence-corrected chi connectivity index (χ0v) is 16.3. The minimum absolute atomic E-state index is 0.185. The predicted octanol–water partition coefficient (Wildman–Crippen LogP) is 5.46. The molecule has 0 amide bonds. The first-order valence-corrected chi connectivity index (χ1v) is 9.39. The lowest BCUT2D eigenvalue weighted by molar-refractivity contribution is 0.0529. The number of benzene rings is 2. The first kappa shape index (κ1) is 18.3. The van der Waals surface area contributed by atoms with E-state index >= 15 is 0 Å². The van der Waals surface area contributed by atoms with E-state index in [4.69, 9.17) is 16.3 Å². The highest BCUT2D eigenvalue weighted by molar-refractivity contribution is 6.30. The lowest BCUT2D eigenvalue weighted by Gasteiger charge is -2.08. The number of rotatable bonds is 4. The van der Waals surface area contributed by atoms with Gasteiger partial charge in [-0.05, 0) is 67.8 Å². The third kappa shape index (κ3) is 3.06. The van der Waals surface area contributed by atoms with Crippen LogP contribution in [-0.2, 0) is 4.74 Å². The summed E-state index contributed by atoms with van der Waals surface area (Å²) in [5, 5.41) is 1.55. The number of nitrogens with zero attached hydrogens (tertiary/aromatic N) is 1. The van der Waals surface area contributed by atoms with Crippen molar-refractivity contribution in [1.29, 1.82) is 0 Å². The molecule has 4 aromatic rings. The van der Waals surface area contributed by atoms with E-state index in [1.54, 1.807) is 37.3 Å². The van der Waals surface area contributed by atoms with Crippen molar-refractivity contribution in [2.45, 2.75) is 13.8 Å². The topological polar surface area (TPSA) is 47.8 Å². The first-order chi connectivity index (χ1) is 13.5. The number of halogens is 1. The third-order valence-corrected chi connectivity index (χ3v) is 4.97. The van der Waals surface area contributed by atoms with Crippen LogP contribution in [-0.4, -0.2) is 22.8 Å². The maximum absolute atomic E-state index is 13.3. The average Bonchev–Trinajstić information content (AvgIpc) is 3.08. The minimum Gasteiger partial charge on any atom is -0.462 e. The van der Waals surface area contributed by atoms with E-state index in [0.717, 1.165) is 16.5 Å². The molecular formula is C23H18ClNO3. The number of fused-ring (bicyclic) bond motifs is 3. The molecule has 0 aliphatic heterocycles. The molecular weight excluding hydrogens is 374 g/mol. The molecule has 0 spiro atoms. The quantitative estimate of drug-likeness (QED) is 0.342. The number of hydrogen-bond donors (Lipinski definition) is 0. The molecule has 0 bridgehead atoms. The Balaban J connectivity index is 2.01. The van der Waals surface area contributed by atoms with E-state index in [1.165, 1.54) is 0 Å². The Morgan fingerprint density at radius 2 is 1.68 bits per heavy atom. The van der Waals surface area contributed by atoms with Crippen LogP contribution < -0.4 is 0 Å². The zero-order valence-electron chi connectivity index (χ0n) is 15.5. The number of aromatic nitrogens is 1. The monoisotopic (exact) mass is 391 g/mol. The Kier molecular flexibility index (Phi) is 4.65. The molecule has 140 valence electrons. The lowest BCUT2D eigenvalue weighted by Crippen LogP contribution is -2.05. The molecule has 2 heterocycles. The normalized spacial score (nSPS) is 11.1. The van der Waals surface area contributed by atoms with Crippen molar-refractivity contribution >= 4 is 39.8 Å². The van der Waals surface area contributed by atoms with Crippen LogP contribution in [0.2, 0.25) is 5.02 Å². The fourth-order valence-corrected chi connectivity index (χ4v) is 3.54. The summed E-state index contributed by atoms with van der Waals surface area (Å²) < 4.78 is 7.03.